The van der Waals surface area contributed by atoms with Crippen molar-refractivity contribution in [1.29, 1.82) is 0 Å². The van der Waals surface area contributed by atoms with Gasteiger partial charge in [0.15, 0.2) is 17.5 Å². The average Bonchev–Trinajstić information content (AvgIpc) is 2.61. The van der Waals surface area contributed by atoms with Crippen LogP contribution in [0.3, 0.4) is 0 Å². The first-order valence-electron chi connectivity index (χ1n) is 8.27. The van der Waals surface area contributed by atoms with Gasteiger partial charge in [0, 0.05) is 24.3 Å². The highest BCUT2D eigenvalue weighted by Crippen LogP contribution is 2.34. The van der Waals surface area contributed by atoms with Crippen LogP contribution in [0.4, 0.5) is 11.5 Å². The molecule has 1 aliphatic heterocycles. The summed E-state index contributed by atoms with van der Waals surface area (Å²) in [4.78, 5) is 34.7. The largest absolute Gasteiger partial charge is 0.504 e. The number of carboxylic acid groups (broad SMARTS) is 1. The molecule has 1 aromatic heterocycles. The molecule has 10 nitrogen and oxygen atoms in total. The number of rotatable bonds is 5. The molecule has 0 radical (unpaired) electrons. The van der Waals surface area contributed by atoms with Gasteiger partial charge < -0.3 is 26.4 Å². The van der Waals surface area contributed by atoms with E-state index in [1.165, 1.54) is 12.1 Å². The van der Waals surface area contributed by atoms with Crippen LogP contribution < -0.4 is 20.9 Å². The summed E-state index contributed by atoms with van der Waals surface area (Å²) < 4.78 is 1.56. The fraction of sp³-hybridized carbons (Fsp3) is 0.294. The van der Waals surface area contributed by atoms with Crippen LogP contribution in [0.25, 0.3) is 10.9 Å². The van der Waals surface area contributed by atoms with E-state index in [0.717, 1.165) is 0 Å². The summed E-state index contributed by atoms with van der Waals surface area (Å²) >= 11 is 0. The average molecular weight is 375 g/mol. The van der Waals surface area contributed by atoms with Crippen molar-refractivity contribution in [3.63, 3.8) is 0 Å². The van der Waals surface area contributed by atoms with Crippen molar-refractivity contribution in [2.75, 3.05) is 17.2 Å². The zero-order chi connectivity index (χ0) is 19.7. The van der Waals surface area contributed by atoms with E-state index < -0.39 is 23.8 Å². The fourth-order valence-corrected chi connectivity index (χ4v) is 3.14. The van der Waals surface area contributed by atoms with Crippen LogP contribution in [0.15, 0.2) is 18.2 Å². The number of aromatic nitrogens is 1. The summed E-state index contributed by atoms with van der Waals surface area (Å²) in [6, 6.07) is 3.46. The molecular formula is C17H19N4O6+. The zero-order valence-corrected chi connectivity index (χ0v) is 14.2. The molecule has 3 rings (SSSR count). The highest BCUT2D eigenvalue weighted by Gasteiger charge is 2.35. The van der Waals surface area contributed by atoms with Crippen molar-refractivity contribution in [3.05, 3.63) is 18.2 Å². The number of fused-ring (bicyclic) bond motifs is 3. The summed E-state index contributed by atoms with van der Waals surface area (Å²) in [7, 11) is 0. The smallest absolute Gasteiger partial charge is 0.303 e. The lowest BCUT2D eigenvalue weighted by molar-refractivity contribution is -0.673. The van der Waals surface area contributed by atoms with E-state index in [4.69, 9.17) is 10.8 Å². The minimum Gasteiger partial charge on any atom is -0.504 e. The lowest BCUT2D eigenvalue weighted by atomic mass is 10.1. The first kappa shape index (κ1) is 18.2. The lowest BCUT2D eigenvalue weighted by Gasteiger charge is -2.24. The number of phenols is 2. The highest BCUT2D eigenvalue weighted by molar-refractivity contribution is 5.97. The number of nitrogens with two attached hydrogens (primary N) is 1. The quantitative estimate of drug-likeness (QED) is 0.320. The molecule has 27 heavy (non-hydrogen) atoms. The molecule has 0 bridgehead atoms. The Labute approximate surface area is 153 Å². The topological polar surface area (TPSA) is 166 Å². The van der Waals surface area contributed by atoms with Gasteiger partial charge in [-0.1, -0.05) is 0 Å². The minimum absolute atomic E-state index is 0.215. The number of carbonyl (C=O) groups excluding carboxylic acids is 2. The summed E-state index contributed by atoms with van der Waals surface area (Å²) in [6.45, 7) is 0.432. The zero-order valence-electron chi connectivity index (χ0n) is 14.2. The van der Waals surface area contributed by atoms with Crippen molar-refractivity contribution in [3.8, 4) is 11.5 Å². The third kappa shape index (κ3) is 3.54. The maximum absolute atomic E-state index is 12.1. The van der Waals surface area contributed by atoms with Gasteiger partial charge in [-0.3, -0.25) is 19.7 Å². The van der Waals surface area contributed by atoms with Gasteiger partial charge in [-0.2, -0.15) is 0 Å². The van der Waals surface area contributed by atoms with Gasteiger partial charge in [-0.25, -0.2) is 4.57 Å². The molecule has 0 saturated heterocycles. The monoisotopic (exact) mass is 375 g/mol. The SMILES string of the molecule is NC(=O)[C@@H]1CCNc2c(NC(=O)CCC(=O)O)cc3cc(O)c(O)cc3[n+]21. The molecular weight excluding hydrogens is 356 g/mol. The molecule has 10 heteroatoms. The molecule has 0 spiro atoms. The molecule has 0 fully saturated rings. The first-order chi connectivity index (χ1) is 12.8. The van der Waals surface area contributed by atoms with Gasteiger partial charge in [-0.15, -0.1) is 0 Å². The highest BCUT2D eigenvalue weighted by atomic mass is 16.4. The second-order valence-corrected chi connectivity index (χ2v) is 6.25. The number of anilines is 2. The molecule has 1 aromatic carbocycles. The number of aromatic hydroxyl groups is 2. The van der Waals surface area contributed by atoms with E-state index in [1.54, 1.807) is 10.6 Å². The third-order valence-electron chi connectivity index (χ3n) is 4.37. The van der Waals surface area contributed by atoms with E-state index in [0.29, 0.717) is 35.4 Å². The van der Waals surface area contributed by atoms with Crippen LogP contribution in [0.5, 0.6) is 11.5 Å². The third-order valence-corrected chi connectivity index (χ3v) is 4.37. The number of carbonyl (C=O) groups is 3. The Hall–Kier alpha value is -3.56. The number of pyridine rings is 1. The summed E-state index contributed by atoms with van der Waals surface area (Å²) in [5, 5.41) is 34.5. The Kier molecular flexibility index (Phi) is 4.72. The van der Waals surface area contributed by atoms with Crippen LogP contribution in [-0.4, -0.2) is 39.6 Å². The number of carboxylic acids is 1. The fourth-order valence-electron chi connectivity index (χ4n) is 3.14. The minimum atomic E-state index is -1.09. The van der Waals surface area contributed by atoms with E-state index in [1.807, 2.05) is 0 Å². The van der Waals surface area contributed by atoms with Crippen molar-refractivity contribution in [2.24, 2.45) is 5.73 Å². The van der Waals surface area contributed by atoms with Gasteiger partial charge in [0.2, 0.25) is 5.91 Å². The van der Waals surface area contributed by atoms with Crippen molar-refractivity contribution in [1.82, 2.24) is 0 Å². The van der Waals surface area contributed by atoms with E-state index >= 15 is 0 Å². The second kappa shape index (κ2) is 6.98. The Morgan fingerprint density at radius 3 is 2.56 bits per heavy atom. The predicted molar refractivity (Wildman–Crippen MR) is 94.3 cm³/mol. The molecule has 1 aliphatic rings. The Morgan fingerprint density at radius 1 is 1.19 bits per heavy atom. The van der Waals surface area contributed by atoms with Crippen LogP contribution in [0, 0.1) is 0 Å². The van der Waals surface area contributed by atoms with Gasteiger partial charge in [0.05, 0.1) is 13.0 Å². The number of aliphatic carboxylic acids is 1. The molecule has 2 aromatic rings. The Balaban J connectivity index is 2.14. The van der Waals surface area contributed by atoms with Crippen LogP contribution in [0.2, 0.25) is 0 Å². The second-order valence-electron chi connectivity index (χ2n) is 6.25. The van der Waals surface area contributed by atoms with Crippen LogP contribution >= 0.6 is 0 Å². The van der Waals surface area contributed by atoms with Crippen molar-refractivity contribution in [2.45, 2.75) is 25.3 Å². The molecule has 142 valence electrons. The van der Waals surface area contributed by atoms with E-state index in [-0.39, 0.29) is 24.3 Å². The number of hydrogen-bond donors (Lipinski definition) is 6. The Bertz CT molecular complexity index is 958. The van der Waals surface area contributed by atoms with Gasteiger partial charge in [0.25, 0.3) is 11.7 Å². The summed E-state index contributed by atoms with van der Waals surface area (Å²) in [5.74, 6) is -2.48. The number of primary amides is 1. The van der Waals surface area contributed by atoms with Crippen LogP contribution in [-0.2, 0) is 14.4 Å². The van der Waals surface area contributed by atoms with Crippen molar-refractivity contribution < 1.29 is 34.3 Å². The predicted octanol–water partition coefficient (Wildman–Crippen LogP) is 0.184. The molecule has 0 aliphatic carbocycles. The number of nitrogens with zero attached hydrogens (tertiary/aromatic N) is 1. The van der Waals surface area contributed by atoms with Crippen LogP contribution in [0.1, 0.15) is 25.3 Å². The molecule has 0 unspecified atom stereocenters. The van der Waals surface area contributed by atoms with E-state index in [9.17, 15) is 24.6 Å². The molecule has 1 atom stereocenters. The molecule has 0 saturated carbocycles. The maximum atomic E-state index is 12.1. The number of nitrogens with one attached hydrogen (secondary N) is 2. The van der Waals surface area contributed by atoms with Gasteiger partial charge in [0.1, 0.15) is 11.2 Å². The number of amides is 2. The molecule has 7 N–H and O–H groups in total. The van der Waals surface area contributed by atoms with E-state index in [2.05, 4.69) is 10.6 Å². The summed E-state index contributed by atoms with van der Waals surface area (Å²) in [5.41, 5.74) is 6.28. The Morgan fingerprint density at radius 2 is 1.89 bits per heavy atom. The number of hydrogen-bond acceptors (Lipinski definition) is 6. The van der Waals surface area contributed by atoms with Gasteiger partial charge >= 0.3 is 5.97 Å². The van der Waals surface area contributed by atoms with Crippen molar-refractivity contribution >= 4 is 40.2 Å². The normalized spacial score (nSPS) is 15.6. The molecule has 2 amide bonds. The molecule has 2 heterocycles. The first-order valence-corrected chi connectivity index (χ1v) is 8.27. The lowest BCUT2D eigenvalue weighted by Crippen LogP contribution is -2.53. The summed E-state index contributed by atoms with van der Waals surface area (Å²) in [6.07, 6.45) is -0.131. The van der Waals surface area contributed by atoms with Gasteiger partial charge in [-0.05, 0) is 12.1 Å². The number of phenolic OH excluding ortho intramolecular Hbond substituents is 2. The maximum Gasteiger partial charge on any atom is 0.303 e. The number of benzene rings is 1. The standard InChI is InChI=1S/C17H18N4O6/c18-16(27)10-3-4-19-17-9(20-14(24)1-2-15(25)26)5-8-6-12(22)13(23)7-11(8)21(10)17/h5-7,10H,1-4H2,(H6,18,19,20,22,23,24,25,26,27)/p+1/t10-/m0/s1.